The lowest BCUT2D eigenvalue weighted by molar-refractivity contribution is -0.127. The number of ether oxygens (including phenoxy) is 1. The minimum atomic E-state index is -0.111. The molecule has 1 atom stereocenters. The monoisotopic (exact) mass is 451 g/mol. The lowest BCUT2D eigenvalue weighted by Gasteiger charge is -2.32. The third-order valence-corrected chi connectivity index (χ3v) is 7.35. The Balaban J connectivity index is 1.17. The third kappa shape index (κ3) is 4.81. The minimum absolute atomic E-state index is 0.0105. The Morgan fingerprint density at radius 1 is 1.03 bits per heavy atom. The van der Waals surface area contributed by atoms with Crippen molar-refractivity contribution in [3.05, 3.63) is 46.8 Å². The van der Waals surface area contributed by atoms with E-state index < -0.39 is 0 Å². The molecule has 2 amide bonds. The number of aromatic nitrogens is 3. The van der Waals surface area contributed by atoms with E-state index in [0.717, 1.165) is 24.1 Å². The summed E-state index contributed by atoms with van der Waals surface area (Å²) in [6, 6.07) is 8.62. The van der Waals surface area contributed by atoms with Crippen LogP contribution in [0.3, 0.4) is 0 Å². The molecule has 3 heterocycles. The number of likely N-dealkylation sites (tertiary alicyclic amines) is 1. The van der Waals surface area contributed by atoms with Crippen molar-refractivity contribution in [3.63, 3.8) is 0 Å². The number of hydrogen-bond acceptors (Lipinski definition) is 5. The first-order valence-electron chi connectivity index (χ1n) is 12.3. The molecule has 1 aliphatic carbocycles. The molecule has 176 valence electrons. The molecule has 0 unspecified atom stereocenters. The molecule has 1 aromatic carbocycles. The van der Waals surface area contributed by atoms with Crippen LogP contribution in [-0.4, -0.2) is 50.8 Å². The Labute approximate surface area is 194 Å². The van der Waals surface area contributed by atoms with Gasteiger partial charge < -0.3 is 15.0 Å². The molecular formula is C25H33N5O3. The number of piperidine rings is 1. The average Bonchev–Trinajstić information content (AvgIpc) is 3.28. The maximum atomic E-state index is 13.2. The lowest BCUT2D eigenvalue weighted by Crippen LogP contribution is -2.46. The molecule has 3 aliphatic rings. The normalized spacial score (nSPS) is 22.1. The zero-order valence-electron chi connectivity index (χ0n) is 19.3. The van der Waals surface area contributed by atoms with E-state index in [1.54, 1.807) is 9.58 Å². The van der Waals surface area contributed by atoms with Gasteiger partial charge in [-0.15, -0.1) is 5.10 Å². The molecule has 2 aromatic rings. The zero-order valence-corrected chi connectivity index (χ0v) is 19.3. The van der Waals surface area contributed by atoms with Crippen molar-refractivity contribution in [2.45, 2.75) is 77.2 Å². The number of rotatable bonds is 4. The van der Waals surface area contributed by atoms with Crippen molar-refractivity contribution in [2.75, 3.05) is 13.1 Å². The minimum Gasteiger partial charge on any atom is -0.365 e. The molecule has 33 heavy (non-hydrogen) atoms. The van der Waals surface area contributed by atoms with E-state index in [9.17, 15) is 9.59 Å². The Hall–Kier alpha value is -2.74. The van der Waals surface area contributed by atoms with E-state index in [0.29, 0.717) is 50.8 Å². The molecule has 8 heteroatoms. The quantitative estimate of drug-likeness (QED) is 0.771. The van der Waals surface area contributed by atoms with Gasteiger partial charge in [0.15, 0.2) is 5.69 Å². The van der Waals surface area contributed by atoms with Gasteiger partial charge in [-0.2, -0.15) is 0 Å². The Morgan fingerprint density at radius 2 is 1.76 bits per heavy atom. The molecule has 8 nitrogen and oxygen atoms in total. The second-order valence-electron chi connectivity index (χ2n) is 9.69. The highest BCUT2D eigenvalue weighted by Crippen LogP contribution is 2.28. The van der Waals surface area contributed by atoms with Crippen molar-refractivity contribution in [1.29, 1.82) is 0 Å². The topological polar surface area (TPSA) is 89.4 Å². The first kappa shape index (κ1) is 22.1. The highest BCUT2D eigenvalue weighted by Gasteiger charge is 2.33. The molecule has 1 saturated heterocycles. The first-order chi connectivity index (χ1) is 16.1. The maximum Gasteiger partial charge on any atom is 0.276 e. The third-order valence-electron chi connectivity index (χ3n) is 7.35. The first-order valence-corrected chi connectivity index (χ1v) is 12.3. The van der Waals surface area contributed by atoms with Crippen molar-refractivity contribution in [1.82, 2.24) is 25.2 Å². The molecule has 1 N–H and O–H groups in total. The van der Waals surface area contributed by atoms with Crippen LogP contribution in [0.5, 0.6) is 0 Å². The Bertz CT molecular complexity index is 988. The van der Waals surface area contributed by atoms with Gasteiger partial charge in [0.05, 0.1) is 18.8 Å². The van der Waals surface area contributed by atoms with E-state index in [1.807, 2.05) is 0 Å². The zero-order chi connectivity index (χ0) is 22.8. The van der Waals surface area contributed by atoms with Gasteiger partial charge in [0, 0.05) is 25.0 Å². The average molecular weight is 452 g/mol. The highest BCUT2D eigenvalue weighted by atomic mass is 16.5. The molecule has 2 aliphatic heterocycles. The fourth-order valence-corrected chi connectivity index (χ4v) is 5.22. The highest BCUT2D eigenvalue weighted by molar-refractivity contribution is 5.93. The van der Waals surface area contributed by atoms with E-state index in [1.165, 1.54) is 24.8 Å². The van der Waals surface area contributed by atoms with Crippen LogP contribution in [0.4, 0.5) is 0 Å². The van der Waals surface area contributed by atoms with Gasteiger partial charge in [-0.3, -0.25) is 9.59 Å². The van der Waals surface area contributed by atoms with Crippen LogP contribution in [0.15, 0.2) is 24.3 Å². The van der Waals surface area contributed by atoms with Gasteiger partial charge in [0.1, 0.15) is 6.10 Å². The number of carbonyl (C=O) groups is 2. The number of nitrogens with zero attached hydrogens (tertiary/aromatic N) is 4. The number of amides is 2. The van der Waals surface area contributed by atoms with Crippen LogP contribution >= 0.6 is 0 Å². The summed E-state index contributed by atoms with van der Waals surface area (Å²) in [6.45, 7) is 4.06. The predicted molar refractivity (Wildman–Crippen MR) is 122 cm³/mol. The van der Waals surface area contributed by atoms with Crippen molar-refractivity contribution >= 4 is 11.8 Å². The Morgan fingerprint density at radius 3 is 2.48 bits per heavy atom. The second-order valence-corrected chi connectivity index (χ2v) is 9.69. The molecule has 0 bridgehead atoms. The number of fused-ring (bicyclic) bond motifs is 1. The molecular weight excluding hydrogens is 418 g/mol. The van der Waals surface area contributed by atoms with Crippen molar-refractivity contribution in [2.24, 2.45) is 5.92 Å². The van der Waals surface area contributed by atoms with Crippen LogP contribution in [0.1, 0.15) is 78.4 Å². The van der Waals surface area contributed by atoms with E-state index in [-0.39, 0.29) is 23.8 Å². The standard InChI is InChI=1S/C25H33N5O3/c1-17-7-9-18(10-8-17)22-15-30-21(16-33-22)23(27-28-30)25(32)29-13-11-19(12-14-29)24(31)26-20-5-3-2-4-6-20/h7-10,19-20,22H,2-6,11-16H2,1H3,(H,26,31)/t22-/m0/s1. The van der Waals surface area contributed by atoms with E-state index >= 15 is 0 Å². The van der Waals surface area contributed by atoms with Crippen LogP contribution in [0.2, 0.25) is 0 Å². The second kappa shape index (κ2) is 9.63. The number of benzene rings is 1. The molecule has 1 saturated carbocycles. The Kier molecular flexibility index (Phi) is 6.44. The van der Waals surface area contributed by atoms with E-state index in [2.05, 4.69) is 46.8 Å². The summed E-state index contributed by atoms with van der Waals surface area (Å²) in [4.78, 5) is 27.6. The molecule has 2 fully saturated rings. The fourth-order valence-electron chi connectivity index (χ4n) is 5.22. The van der Waals surface area contributed by atoms with Crippen LogP contribution in [0, 0.1) is 12.8 Å². The largest absolute Gasteiger partial charge is 0.365 e. The van der Waals surface area contributed by atoms with Gasteiger partial charge in [-0.25, -0.2) is 4.68 Å². The van der Waals surface area contributed by atoms with Gasteiger partial charge in [0.2, 0.25) is 5.91 Å². The van der Waals surface area contributed by atoms with Gasteiger partial charge >= 0.3 is 0 Å². The predicted octanol–water partition coefficient (Wildman–Crippen LogP) is 3.16. The van der Waals surface area contributed by atoms with Crippen LogP contribution < -0.4 is 5.32 Å². The summed E-state index contributed by atoms with van der Waals surface area (Å²) in [5.41, 5.74) is 3.42. The lowest BCUT2D eigenvalue weighted by atomic mass is 9.92. The summed E-state index contributed by atoms with van der Waals surface area (Å²) in [5.74, 6) is 0.0361. The molecule has 0 radical (unpaired) electrons. The van der Waals surface area contributed by atoms with Crippen molar-refractivity contribution < 1.29 is 14.3 Å². The van der Waals surface area contributed by atoms with Crippen LogP contribution in [0.25, 0.3) is 0 Å². The van der Waals surface area contributed by atoms with Crippen LogP contribution in [-0.2, 0) is 22.7 Å². The van der Waals surface area contributed by atoms with E-state index in [4.69, 9.17) is 4.74 Å². The fraction of sp³-hybridized carbons (Fsp3) is 0.600. The summed E-state index contributed by atoms with van der Waals surface area (Å²) < 4.78 is 7.86. The number of carbonyl (C=O) groups excluding carboxylic acids is 2. The molecule has 5 rings (SSSR count). The van der Waals surface area contributed by atoms with Crippen molar-refractivity contribution in [3.8, 4) is 0 Å². The summed E-state index contributed by atoms with van der Waals surface area (Å²) >= 11 is 0. The van der Waals surface area contributed by atoms with Gasteiger partial charge in [-0.05, 0) is 38.2 Å². The number of nitrogens with one attached hydrogen (secondary N) is 1. The smallest absolute Gasteiger partial charge is 0.276 e. The maximum absolute atomic E-state index is 13.2. The SMILES string of the molecule is Cc1ccc([C@@H]2Cn3nnc(C(=O)N4CCC(C(=O)NC5CCCCC5)CC4)c3CO2)cc1. The number of aryl methyl sites for hydroxylation is 1. The van der Waals surface area contributed by atoms with Gasteiger partial charge in [0.25, 0.3) is 5.91 Å². The van der Waals surface area contributed by atoms with Gasteiger partial charge in [-0.1, -0.05) is 54.3 Å². The number of hydrogen-bond donors (Lipinski definition) is 1. The molecule has 0 spiro atoms. The summed E-state index contributed by atoms with van der Waals surface area (Å²) in [7, 11) is 0. The summed E-state index contributed by atoms with van der Waals surface area (Å²) in [5, 5.41) is 11.7. The summed E-state index contributed by atoms with van der Waals surface area (Å²) in [6.07, 6.45) is 7.16. The molecule has 1 aromatic heterocycles.